The van der Waals surface area contributed by atoms with Crippen LogP contribution in [0.15, 0.2) is 30.9 Å². The fourth-order valence-electron chi connectivity index (χ4n) is 3.84. The molecular formula is C21H27F3N2O5. The highest BCUT2D eigenvalue weighted by Crippen LogP contribution is 2.40. The van der Waals surface area contributed by atoms with Crippen LogP contribution < -0.4 is 0 Å². The lowest BCUT2D eigenvalue weighted by molar-refractivity contribution is -0.192. The molecule has 1 amide bonds. The zero-order valence-electron chi connectivity index (χ0n) is 17.4. The third-order valence-electron chi connectivity index (χ3n) is 5.25. The maximum atomic E-state index is 12.9. The fraction of sp³-hybridized carbons (Fsp3) is 0.571. The van der Waals surface area contributed by atoms with Gasteiger partial charge >= 0.3 is 12.1 Å². The maximum Gasteiger partial charge on any atom is 0.490 e. The molecule has 0 aromatic carbocycles. The van der Waals surface area contributed by atoms with E-state index in [1.807, 2.05) is 24.0 Å². The van der Waals surface area contributed by atoms with Crippen LogP contribution >= 0.6 is 0 Å². The van der Waals surface area contributed by atoms with E-state index in [2.05, 4.69) is 11.6 Å². The highest BCUT2D eigenvalue weighted by atomic mass is 19.4. The number of pyridine rings is 1. The Morgan fingerprint density at radius 2 is 2.16 bits per heavy atom. The summed E-state index contributed by atoms with van der Waals surface area (Å²) < 4.78 is 43.5. The fourth-order valence-corrected chi connectivity index (χ4v) is 3.84. The number of alkyl halides is 3. The molecule has 7 nitrogen and oxygen atoms in total. The average Bonchev–Trinajstić information content (AvgIpc) is 2.72. The van der Waals surface area contributed by atoms with Gasteiger partial charge in [-0.2, -0.15) is 13.2 Å². The average molecular weight is 444 g/mol. The van der Waals surface area contributed by atoms with Gasteiger partial charge in [0.05, 0.1) is 19.3 Å². The molecule has 0 saturated carbocycles. The number of aliphatic carboxylic acids is 1. The Hall–Kier alpha value is -2.46. The first-order valence-electron chi connectivity index (χ1n) is 9.92. The van der Waals surface area contributed by atoms with Gasteiger partial charge in [0.2, 0.25) is 0 Å². The molecule has 0 spiro atoms. The molecule has 2 fully saturated rings. The molecule has 0 radical (unpaired) electrons. The van der Waals surface area contributed by atoms with Gasteiger partial charge in [-0.25, -0.2) is 9.78 Å². The van der Waals surface area contributed by atoms with Crippen molar-refractivity contribution in [3.05, 3.63) is 42.2 Å². The Morgan fingerprint density at radius 1 is 1.45 bits per heavy atom. The molecule has 2 aliphatic rings. The molecular weight excluding hydrogens is 417 g/mol. The number of piperidine rings is 1. The van der Waals surface area contributed by atoms with Crippen molar-refractivity contribution in [1.29, 1.82) is 0 Å². The zero-order valence-corrected chi connectivity index (χ0v) is 17.4. The van der Waals surface area contributed by atoms with E-state index in [-0.39, 0.29) is 17.4 Å². The number of hydrogen-bond acceptors (Lipinski definition) is 5. The second kappa shape index (κ2) is 10.7. The van der Waals surface area contributed by atoms with Crippen LogP contribution in [0.25, 0.3) is 0 Å². The predicted molar refractivity (Wildman–Crippen MR) is 106 cm³/mol. The summed E-state index contributed by atoms with van der Waals surface area (Å²) >= 11 is 0. The minimum Gasteiger partial charge on any atom is -0.475 e. The highest BCUT2D eigenvalue weighted by Gasteiger charge is 2.47. The molecule has 1 aromatic rings. The smallest absolute Gasteiger partial charge is 0.475 e. The number of carboxylic acid groups (broad SMARTS) is 1. The van der Waals surface area contributed by atoms with Crippen LogP contribution in [-0.2, 0) is 14.3 Å². The highest BCUT2D eigenvalue weighted by molar-refractivity contribution is 5.92. The van der Waals surface area contributed by atoms with E-state index >= 15 is 0 Å². The molecule has 31 heavy (non-hydrogen) atoms. The summed E-state index contributed by atoms with van der Waals surface area (Å²) in [6.07, 6.45) is -0.254. The van der Waals surface area contributed by atoms with Gasteiger partial charge in [0, 0.05) is 30.8 Å². The van der Waals surface area contributed by atoms with E-state index in [4.69, 9.17) is 19.4 Å². The topological polar surface area (TPSA) is 89.0 Å². The first-order chi connectivity index (χ1) is 14.6. The van der Waals surface area contributed by atoms with Gasteiger partial charge in [-0.1, -0.05) is 12.1 Å². The number of amides is 1. The van der Waals surface area contributed by atoms with Crippen molar-refractivity contribution in [3.8, 4) is 0 Å². The van der Waals surface area contributed by atoms with Crippen LogP contribution in [-0.4, -0.2) is 72.1 Å². The van der Waals surface area contributed by atoms with Crippen molar-refractivity contribution >= 4 is 11.9 Å². The van der Waals surface area contributed by atoms with Crippen LogP contribution in [0, 0.1) is 12.3 Å². The van der Waals surface area contributed by atoms with Crippen LogP contribution in [0.1, 0.15) is 35.4 Å². The summed E-state index contributed by atoms with van der Waals surface area (Å²) in [6.45, 7) is 8.94. The minimum absolute atomic E-state index is 0.00539. The monoisotopic (exact) mass is 444 g/mol. The van der Waals surface area contributed by atoms with Gasteiger partial charge in [0.15, 0.2) is 0 Å². The summed E-state index contributed by atoms with van der Waals surface area (Å²) in [4.78, 5) is 28.1. The van der Waals surface area contributed by atoms with Gasteiger partial charge in [-0.05, 0) is 38.3 Å². The lowest BCUT2D eigenvalue weighted by atomic mass is 9.73. The first-order valence-corrected chi connectivity index (χ1v) is 9.92. The van der Waals surface area contributed by atoms with Crippen LogP contribution in [0.3, 0.4) is 0 Å². The summed E-state index contributed by atoms with van der Waals surface area (Å²) in [7, 11) is 0. The largest absolute Gasteiger partial charge is 0.490 e. The number of ether oxygens (including phenoxy) is 2. The standard InChI is InChI=1S/C19H26N2O3.C2HF3O2/c1-3-11-23-14-19-9-5-12-24-17(19)8-10-21(13-19)18(22)16-7-4-6-15(2)20-16;3-2(4,5)1(6)7/h3-4,6-7,17H,1,5,8-14H2,2H3;(H,6,7). The number of carbonyl (C=O) groups is 2. The van der Waals surface area contributed by atoms with E-state index in [1.165, 1.54) is 0 Å². The number of nitrogens with zero attached hydrogens (tertiary/aromatic N) is 2. The van der Waals surface area contributed by atoms with Crippen molar-refractivity contribution in [2.45, 2.75) is 38.5 Å². The van der Waals surface area contributed by atoms with Gasteiger partial charge in [0.1, 0.15) is 5.69 Å². The number of halogens is 3. The number of rotatable bonds is 5. The predicted octanol–water partition coefficient (Wildman–Crippen LogP) is 3.24. The summed E-state index contributed by atoms with van der Waals surface area (Å²) in [5.41, 5.74) is 1.27. The molecule has 0 bridgehead atoms. The van der Waals surface area contributed by atoms with Gasteiger partial charge < -0.3 is 19.5 Å². The van der Waals surface area contributed by atoms with Crippen LogP contribution in [0.4, 0.5) is 13.2 Å². The van der Waals surface area contributed by atoms with Crippen molar-refractivity contribution in [2.75, 3.05) is 32.9 Å². The second-order valence-corrected chi connectivity index (χ2v) is 7.61. The van der Waals surface area contributed by atoms with E-state index in [0.29, 0.717) is 32.0 Å². The van der Waals surface area contributed by atoms with Gasteiger partial charge in [-0.3, -0.25) is 4.79 Å². The van der Waals surface area contributed by atoms with Crippen LogP contribution in [0.5, 0.6) is 0 Å². The molecule has 2 unspecified atom stereocenters. The maximum absolute atomic E-state index is 12.9. The Morgan fingerprint density at radius 3 is 2.77 bits per heavy atom. The van der Waals surface area contributed by atoms with Crippen molar-refractivity contribution in [2.24, 2.45) is 5.41 Å². The number of likely N-dealkylation sites (tertiary alicyclic amines) is 1. The summed E-state index contributed by atoms with van der Waals surface area (Å²) in [6, 6.07) is 5.58. The molecule has 2 atom stereocenters. The van der Waals surface area contributed by atoms with Crippen LogP contribution in [0.2, 0.25) is 0 Å². The molecule has 172 valence electrons. The Balaban J connectivity index is 0.000000423. The Bertz CT molecular complexity index is 787. The van der Waals surface area contributed by atoms with E-state index in [9.17, 15) is 18.0 Å². The lowest BCUT2D eigenvalue weighted by Gasteiger charge is -2.50. The number of aryl methyl sites for hydroxylation is 1. The van der Waals surface area contributed by atoms with E-state index in [1.54, 1.807) is 12.1 Å². The SMILES string of the molecule is C=CCOCC12CCCOC1CCN(C(=O)c1cccc(C)n1)C2.O=C(O)C(F)(F)F. The van der Waals surface area contributed by atoms with Crippen molar-refractivity contribution in [1.82, 2.24) is 9.88 Å². The molecule has 1 N–H and O–H groups in total. The normalized spacial score (nSPS) is 23.2. The number of hydrogen-bond donors (Lipinski definition) is 1. The molecule has 3 heterocycles. The lowest BCUT2D eigenvalue weighted by Crippen LogP contribution is -2.58. The number of aromatic nitrogens is 1. The first kappa shape index (κ1) is 24.8. The number of fused-ring (bicyclic) bond motifs is 1. The van der Waals surface area contributed by atoms with Gasteiger partial charge in [0.25, 0.3) is 5.91 Å². The van der Waals surface area contributed by atoms with Gasteiger partial charge in [-0.15, -0.1) is 6.58 Å². The minimum atomic E-state index is -5.08. The molecule has 0 aliphatic carbocycles. The van der Waals surface area contributed by atoms with Crippen molar-refractivity contribution < 1.29 is 37.3 Å². The second-order valence-electron chi connectivity index (χ2n) is 7.61. The number of carboxylic acids is 1. The Kier molecular flexibility index (Phi) is 8.58. The molecule has 1 aromatic heterocycles. The Labute approximate surface area is 178 Å². The quantitative estimate of drug-likeness (QED) is 0.554. The summed E-state index contributed by atoms with van der Waals surface area (Å²) in [5.74, 6) is -2.75. The molecule has 3 rings (SSSR count). The van der Waals surface area contributed by atoms with E-state index < -0.39 is 12.1 Å². The third kappa shape index (κ3) is 6.76. The molecule has 10 heteroatoms. The zero-order chi connectivity index (χ0) is 23.1. The third-order valence-corrected chi connectivity index (χ3v) is 5.25. The molecule has 2 saturated heterocycles. The van der Waals surface area contributed by atoms with E-state index in [0.717, 1.165) is 31.6 Å². The molecule has 2 aliphatic heterocycles. The summed E-state index contributed by atoms with van der Waals surface area (Å²) in [5, 5.41) is 7.12. The number of carbonyl (C=O) groups excluding carboxylic acids is 1. The van der Waals surface area contributed by atoms with Crippen molar-refractivity contribution in [3.63, 3.8) is 0 Å².